The summed E-state index contributed by atoms with van der Waals surface area (Å²) in [7, 11) is 0. The molecule has 0 aliphatic carbocycles. The molecule has 1 aromatic rings. The van der Waals surface area contributed by atoms with Crippen molar-refractivity contribution in [1.82, 2.24) is 0 Å². The number of aliphatic hydroxyl groups is 1. The fraction of sp³-hybridized carbons (Fsp3) is 0.538. The molecular weight excluding hydrogens is 229 g/mol. The number of rotatable bonds is 4. The molecule has 0 fully saturated rings. The molecule has 0 aliphatic heterocycles. The highest BCUT2D eigenvalue weighted by Gasteiger charge is 2.30. The third-order valence-corrected chi connectivity index (χ3v) is 2.94. The zero-order valence-corrected chi connectivity index (χ0v) is 10.2. The van der Waals surface area contributed by atoms with Crippen molar-refractivity contribution in [3.05, 3.63) is 35.1 Å². The van der Waals surface area contributed by atoms with Crippen LogP contribution in [0.25, 0.3) is 0 Å². The Bertz CT molecular complexity index is 388. The van der Waals surface area contributed by atoms with Gasteiger partial charge in [-0.15, -0.1) is 0 Å². The molecule has 0 bridgehead atoms. The first-order valence-electron chi connectivity index (χ1n) is 5.47. The predicted octanol–water partition coefficient (Wildman–Crippen LogP) is 3.43. The van der Waals surface area contributed by atoms with Crippen LogP contribution in [-0.2, 0) is 5.41 Å². The van der Waals surface area contributed by atoms with Gasteiger partial charge in [-0.05, 0) is 42.0 Å². The summed E-state index contributed by atoms with van der Waals surface area (Å²) in [6.07, 6.45) is -4.56. The van der Waals surface area contributed by atoms with Crippen molar-refractivity contribution < 1.29 is 18.3 Å². The zero-order valence-electron chi connectivity index (χ0n) is 10.2. The molecule has 96 valence electrons. The second-order valence-corrected chi connectivity index (χ2v) is 4.95. The molecule has 0 radical (unpaired) electrons. The van der Waals surface area contributed by atoms with Crippen LogP contribution >= 0.6 is 0 Å². The Morgan fingerprint density at radius 1 is 1.29 bits per heavy atom. The van der Waals surface area contributed by atoms with Crippen LogP contribution < -0.4 is 0 Å². The SMILES string of the molecule is Cc1ccc(F)cc1C(C)(C)CC(O)C(F)F. The smallest absolute Gasteiger partial charge is 0.264 e. The number of benzene rings is 1. The topological polar surface area (TPSA) is 20.2 Å². The molecule has 1 aromatic carbocycles. The number of halogens is 3. The molecule has 1 nitrogen and oxygen atoms in total. The Balaban J connectivity index is 2.99. The van der Waals surface area contributed by atoms with Crippen molar-refractivity contribution in [3.63, 3.8) is 0 Å². The van der Waals surface area contributed by atoms with Gasteiger partial charge in [-0.2, -0.15) is 0 Å². The van der Waals surface area contributed by atoms with Crippen LogP contribution in [0.3, 0.4) is 0 Å². The maximum Gasteiger partial charge on any atom is 0.264 e. The lowest BCUT2D eigenvalue weighted by Gasteiger charge is -2.29. The lowest BCUT2D eigenvalue weighted by atomic mass is 9.77. The number of aliphatic hydroxyl groups excluding tert-OH is 1. The van der Waals surface area contributed by atoms with Gasteiger partial charge < -0.3 is 5.11 Å². The van der Waals surface area contributed by atoms with Gasteiger partial charge >= 0.3 is 0 Å². The van der Waals surface area contributed by atoms with Crippen LogP contribution in [0, 0.1) is 12.7 Å². The molecule has 4 heteroatoms. The molecule has 0 amide bonds. The normalized spacial score (nSPS) is 14.1. The van der Waals surface area contributed by atoms with Crippen molar-refractivity contribution in [3.8, 4) is 0 Å². The molecule has 0 aliphatic rings. The van der Waals surface area contributed by atoms with Gasteiger partial charge in [-0.25, -0.2) is 13.2 Å². The van der Waals surface area contributed by atoms with Gasteiger partial charge in [0.05, 0.1) is 0 Å². The van der Waals surface area contributed by atoms with E-state index < -0.39 is 23.8 Å². The molecule has 0 aromatic heterocycles. The summed E-state index contributed by atoms with van der Waals surface area (Å²) in [6, 6.07) is 4.28. The van der Waals surface area contributed by atoms with Crippen molar-refractivity contribution in [2.24, 2.45) is 0 Å². The molecular formula is C13H17F3O. The van der Waals surface area contributed by atoms with Gasteiger partial charge in [0.15, 0.2) is 0 Å². The standard InChI is InChI=1S/C13H17F3O/c1-8-4-5-9(14)6-10(8)13(2,3)7-11(17)12(15)16/h4-6,11-12,17H,7H2,1-3H3. The maximum atomic E-state index is 13.2. The summed E-state index contributed by atoms with van der Waals surface area (Å²) in [4.78, 5) is 0. The first-order chi connectivity index (χ1) is 7.74. The Hall–Kier alpha value is -1.03. The van der Waals surface area contributed by atoms with Crippen molar-refractivity contribution in [2.75, 3.05) is 0 Å². The van der Waals surface area contributed by atoms with Crippen molar-refractivity contribution >= 4 is 0 Å². The Morgan fingerprint density at radius 2 is 1.88 bits per heavy atom. The van der Waals surface area contributed by atoms with E-state index in [1.165, 1.54) is 12.1 Å². The van der Waals surface area contributed by atoms with Crippen LogP contribution in [0.15, 0.2) is 18.2 Å². The monoisotopic (exact) mass is 246 g/mol. The minimum Gasteiger partial charge on any atom is -0.387 e. The summed E-state index contributed by atoms with van der Waals surface area (Å²) < 4.78 is 37.8. The van der Waals surface area contributed by atoms with E-state index in [-0.39, 0.29) is 6.42 Å². The van der Waals surface area contributed by atoms with Crippen molar-refractivity contribution in [2.45, 2.75) is 45.1 Å². The Kier molecular flexibility index (Phi) is 4.20. The van der Waals surface area contributed by atoms with Gasteiger partial charge in [0, 0.05) is 0 Å². The molecule has 1 unspecified atom stereocenters. The van der Waals surface area contributed by atoms with E-state index >= 15 is 0 Å². The van der Waals surface area contributed by atoms with E-state index in [0.29, 0.717) is 5.56 Å². The Morgan fingerprint density at radius 3 is 2.41 bits per heavy atom. The summed E-state index contributed by atoms with van der Waals surface area (Å²) in [5.74, 6) is -0.398. The van der Waals surface area contributed by atoms with Crippen LogP contribution in [0.1, 0.15) is 31.4 Å². The second kappa shape index (κ2) is 5.08. The van der Waals surface area contributed by atoms with E-state index in [2.05, 4.69) is 0 Å². The second-order valence-electron chi connectivity index (χ2n) is 4.95. The van der Waals surface area contributed by atoms with Gasteiger partial charge in [0.2, 0.25) is 0 Å². The largest absolute Gasteiger partial charge is 0.387 e. The fourth-order valence-electron chi connectivity index (χ4n) is 2.05. The van der Waals surface area contributed by atoms with Crippen LogP contribution in [0.4, 0.5) is 13.2 Å². The highest BCUT2D eigenvalue weighted by molar-refractivity contribution is 5.33. The molecule has 17 heavy (non-hydrogen) atoms. The summed E-state index contributed by atoms with van der Waals surface area (Å²) >= 11 is 0. The van der Waals surface area contributed by atoms with E-state index in [1.807, 2.05) is 0 Å². The Labute approximate surface area is 99.3 Å². The third-order valence-electron chi connectivity index (χ3n) is 2.94. The predicted molar refractivity (Wildman–Crippen MR) is 60.8 cm³/mol. The van der Waals surface area contributed by atoms with Gasteiger partial charge in [0.1, 0.15) is 11.9 Å². The lowest BCUT2D eigenvalue weighted by Crippen LogP contribution is -2.29. The quantitative estimate of drug-likeness (QED) is 0.863. The molecule has 0 heterocycles. The minimum atomic E-state index is -2.77. The maximum absolute atomic E-state index is 13.2. The number of alkyl halides is 2. The molecule has 1 N–H and O–H groups in total. The fourth-order valence-corrected chi connectivity index (χ4v) is 2.05. The highest BCUT2D eigenvalue weighted by atomic mass is 19.3. The van der Waals surface area contributed by atoms with E-state index in [0.717, 1.165) is 5.56 Å². The lowest BCUT2D eigenvalue weighted by molar-refractivity contribution is -0.0189. The van der Waals surface area contributed by atoms with Gasteiger partial charge in [-0.3, -0.25) is 0 Å². The number of aryl methyl sites for hydroxylation is 1. The zero-order chi connectivity index (χ0) is 13.2. The van der Waals surface area contributed by atoms with E-state index in [4.69, 9.17) is 0 Å². The third kappa shape index (κ3) is 3.46. The molecule has 1 rings (SSSR count). The molecule has 0 saturated heterocycles. The molecule has 1 atom stereocenters. The minimum absolute atomic E-state index is 0.102. The number of hydrogen-bond donors (Lipinski definition) is 1. The van der Waals surface area contributed by atoms with Crippen LogP contribution in [0.5, 0.6) is 0 Å². The average molecular weight is 246 g/mol. The summed E-state index contributed by atoms with van der Waals surface area (Å²) in [5, 5.41) is 9.24. The number of hydrogen-bond acceptors (Lipinski definition) is 1. The van der Waals surface area contributed by atoms with Crippen LogP contribution in [-0.4, -0.2) is 17.6 Å². The van der Waals surface area contributed by atoms with Crippen molar-refractivity contribution in [1.29, 1.82) is 0 Å². The summed E-state index contributed by atoms with van der Waals surface area (Å²) in [5.41, 5.74) is 0.789. The summed E-state index contributed by atoms with van der Waals surface area (Å²) in [6.45, 7) is 5.24. The van der Waals surface area contributed by atoms with E-state index in [1.54, 1.807) is 26.8 Å². The van der Waals surface area contributed by atoms with E-state index in [9.17, 15) is 18.3 Å². The molecule has 0 spiro atoms. The first kappa shape index (κ1) is 14.0. The van der Waals surface area contributed by atoms with Gasteiger partial charge in [0.25, 0.3) is 6.43 Å². The van der Waals surface area contributed by atoms with Gasteiger partial charge in [-0.1, -0.05) is 19.9 Å². The first-order valence-corrected chi connectivity index (χ1v) is 5.47. The van der Waals surface area contributed by atoms with Crippen LogP contribution in [0.2, 0.25) is 0 Å². The molecule has 0 saturated carbocycles. The average Bonchev–Trinajstić information content (AvgIpc) is 2.20. The highest BCUT2D eigenvalue weighted by Crippen LogP contribution is 2.32.